The minimum atomic E-state index is 0.175. The molecule has 0 aliphatic carbocycles. The summed E-state index contributed by atoms with van der Waals surface area (Å²) in [5, 5.41) is 0. The van der Waals surface area contributed by atoms with Gasteiger partial charge in [0.25, 0.3) is 0 Å². The predicted octanol–water partition coefficient (Wildman–Crippen LogP) is 3.80. The van der Waals surface area contributed by atoms with Crippen molar-refractivity contribution in [1.82, 2.24) is 0 Å². The smallest absolute Gasteiger partial charge is 0.0429 e. The maximum Gasteiger partial charge on any atom is 0.0429 e. The van der Waals surface area contributed by atoms with Crippen molar-refractivity contribution in [2.45, 2.75) is 32.4 Å². The number of hydrogen-bond donors (Lipinski definition) is 1. The Morgan fingerprint density at radius 3 is 2.85 bits per heavy atom. The topological polar surface area (TPSA) is 29.3 Å². The van der Waals surface area contributed by atoms with Crippen molar-refractivity contribution in [3.63, 3.8) is 0 Å². The first-order valence-electron chi connectivity index (χ1n) is 7.39. The van der Waals surface area contributed by atoms with E-state index in [4.69, 9.17) is 5.73 Å². The summed E-state index contributed by atoms with van der Waals surface area (Å²) in [6.07, 6.45) is 2.23. The second-order valence-electron chi connectivity index (χ2n) is 5.72. The monoisotopic (exact) mass is 266 g/mol. The van der Waals surface area contributed by atoms with E-state index in [0.717, 1.165) is 25.9 Å². The van der Waals surface area contributed by atoms with Gasteiger partial charge in [0.1, 0.15) is 0 Å². The Morgan fingerprint density at radius 1 is 1.15 bits per heavy atom. The van der Waals surface area contributed by atoms with E-state index < -0.39 is 0 Å². The van der Waals surface area contributed by atoms with Crippen LogP contribution in [0.5, 0.6) is 0 Å². The van der Waals surface area contributed by atoms with Crippen molar-refractivity contribution in [2.75, 3.05) is 11.4 Å². The van der Waals surface area contributed by atoms with Crippen LogP contribution in [0.3, 0.4) is 0 Å². The number of nitrogens with zero attached hydrogens (tertiary/aromatic N) is 1. The molecule has 2 aromatic carbocycles. The molecule has 3 rings (SSSR count). The zero-order chi connectivity index (χ0) is 13.9. The molecule has 1 heterocycles. The molecule has 1 aliphatic heterocycles. The first kappa shape index (κ1) is 13.2. The van der Waals surface area contributed by atoms with E-state index in [1.165, 1.54) is 22.4 Å². The summed E-state index contributed by atoms with van der Waals surface area (Å²) in [5.41, 5.74) is 11.6. The van der Waals surface area contributed by atoms with Gasteiger partial charge in [-0.15, -0.1) is 0 Å². The van der Waals surface area contributed by atoms with E-state index >= 15 is 0 Å². The van der Waals surface area contributed by atoms with Crippen LogP contribution in [0.25, 0.3) is 0 Å². The fraction of sp³-hybridized carbons (Fsp3) is 0.333. The van der Waals surface area contributed by atoms with Crippen molar-refractivity contribution in [2.24, 2.45) is 5.73 Å². The molecule has 1 aliphatic rings. The molecular weight excluding hydrogens is 244 g/mol. The molecule has 2 N–H and O–H groups in total. The van der Waals surface area contributed by atoms with Crippen LogP contribution in [0, 0.1) is 6.92 Å². The van der Waals surface area contributed by atoms with Gasteiger partial charge in [0, 0.05) is 24.8 Å². The van der Waals surface area contributed by atoms with Gasteiger partial charge in [-0.3, -0.25) is 0 Å². The highest BCUT2D eigenvalue weighted by molar-refractivity contribution is 5.56. The van der Waals surface area contributed by atoms with Crippen LogP contribution in [0.1, 0.15) is 35.6 Å². The van der Waals surface area contributed by atoms with Crippen LogP contribution in [-0.2, 0) is 6.54 Å². The minimum absolute atomic E-state index is 0.175. The van der Waals surface area contributed by atoms with E-state index in [1.807, 2.05) is 0 Å². The van der Waals surface area contributed by atoms with Gasteiger partial charge >= 0.3 is 0 Å². The minimum Gasteiger partial charge on any atom is -0.367 e. The third-order valence-corrected chi connectivity index (χ3v) is 4.08. The molecule has 0 radical (unpaired) electrons. The Balaban J connectivity index is 1.91. The van der Waals surface area contributed by atoms with E-state index in [9.17, 15) is 0 Å². The Kier molecular flexibility index (Phi) is 3.75. The van der Waals surface area contributed by atoms with Crippen molar-refractivity contribution >= 4 is 5.69 Å². The molecule has 104 valence electrons. The van der Waals surface area contributed by atoms with Crippen LogP contribution < -0.4 is 10.6 Å². The van der Waals surface area contributed by atoms with Crippen molar-refractivity contribution in [3.05, 3.63) is 65.2 Å². The Bertz CT molecular complexity index is 591. The molecule has 2 nitrogen and oxygen atoms in total. The average Bonchev–Trinajstić information content (AvgIpc) is 2.60. The van der Waals surface area contributed by atoms with Crippen molar-refractivity contribution in [1.29, 1.82) is 0 Å². The van der Waals surface area contributed by atoms with Gasteiger partial charge in [-0.05, 0) is 37.0 Å². The number of anilines is 1. The highest BCUT2D eigenvalue weighted by Crippen LogP contribution is 2.32. The molecule has 0 amide bonds. The zero-order valence-corrected chi connectivity index (χ0v) is 12.0. The summed E-state index contributed by atoms with van der Waals surface area (Å²) < 4.78 is 0. The van der Waals surface area contributed by atoms with E-state index in [2.05, 4.69) is 60.4 Å². The van der Waals surface area contributed by atoms with Crippen LogP contribution >= 0.6 is 0 Å². The third-order valence-electron chi connectivity index (χ3n) is 4.08. The average molecular weight is 266 g/mol. The lowest BCUT2D eigenvalue weighted by Gasteiger charge is -2.25. The molecule has 2 aromatic rings. The van der Waals surface area contributed by atoms with Gasteiger partial charge in [-0.25, -0.2) is 0 Å². The van der Waals surface area contributed by atoms with E-state index in [-0.39, 0.29) is 6.04 Å². The number of aryl methyl sites for hydroxylation is 1. The van der Waals surface area contributed by atoms with Crippen LogP contribution in [0.4, 0.5) is 5.69 Å². The summed E-state index contributed by atoms with van der Waals surface area (Å²) >= 11 is 0. The van der Waals surface area contributed by atoms with Gasteiger partial charge in [0.15, 0.2) is 0 Å². The number of rotatable bonds is 2. The quantitative estimate of drug-likeness (QED) is 0.896. The molecule has 1 atom stereocenters. The molecule has 1 unspecified atom stereocenters. The number of para-hydroxylation sites is 1. The molecule has 0 spiro atoms. The lowest BCUT2D eigenvalue weighted by Crippen LogP contribution is -2.23. The SMILES string of the molecule is Cc1cccc(CN2CCCC(N)c3ccccc32)c1. The molecule has 0 aromatic heterocycles. The van der Waals surface area contributed by atoms with Gasteiger partial charge < -0.3 is 10.6 Å². The van der Waals surface area contributed by atoms with Gasteiger partial charge in [-0.1, -0.05) is 48.0 Å². The predicted molar refractivity (Wildman–Crippen MR) is 84.8 cm³/mol. The zero-order valence-electron chi connectivity index (χ0n) is 12.0. The van der Waals surface area contributed by atoms with E-state index in [0.29, 0.717) is 0 Å². The van der Waals surface area contributed by atoms with Crippen molar-refractivity contribution in [3.8, 4) is 0 Å². The van der Waals surface area contributed by atoms with Gasteiger partial charge in [0.2, 0.25) is 0 Å². The molecule has 20 heavy (non-hydrogen) atoms. The standard InChI is InChI=1S/C18H22N2/c1-14-6-4-7-15(12-14)13-20-11-5-9-17(19)16-8-2-3-10-18(16)20/h2-4,6-8,10,12,17H,5,9,11,13,19H2,1H3. The summed E-state index contributed by atoms with van der Waals surface area (Å²) in [6.45, 7) is 4.19. The van der Waals surface area contributed by atoms with Crippen LogP contribution in [-0.4, -0.2) is 6.54 Å². The highest BCUT2D eigenvalue weighted by Gasteiger charge is 2.19. The first-order chi connectivity index (χ1) is 9.74. The maximum atomic E-state index is 6.30. The summed E-state index contributed by atoms with van der Waals surface area (Å²) in [5.74, 6) is 0. The normalized spacial score (nSPS) is 18.5. The summed E-state index contributed by atoms with van der Waals surface area (Å²) in [7, 11) is 0. The molecule has 0 saturated carbocycles. The third kappa shape index (κ3) is 2.70. The summed E-state index contributed by atoms with van der Waals surface area (Å²) in [6, 6.07) is 17.5. The van der Waals surface area contributed by atoms with E-state index in [1.54, 1.807) is 0 Å². The van der Waals surface area contributed by atoms with Crippen LogP contribution in [0.15, 0.2) is 48.5 Å². The second-order valence-corrected chi connectivity index (χ2v) is 5.72. The first-order valence-corrected chi connectivity index (χ1v) is 7.39. The van der Waals surface area contributed by atoms with Crippen LogP contribution in [0.2, 0.25) is 0 Å². The fourth-order valence-corrected chi connectivity index (χ4v) is 3.06. The fourth-order valence-electron chi connectivity index (χ4n) is 3.06. The second kappa shape index (κ2) is 5.68. The molecular formula is C18H22N2. The van der Waals surface area contributed by atoms with Crippen molar-refractivity contribution < 1.29 is 0 Å². The highest BCUT2D eigenvalue weighted by atomic mass is 15.1. The lowest BCUT2D eigenvalue weighted by atomic mass is 10.0. The largest absolute Gasteiger partial charge is 0.367 e. The number of nitrogens with two attached hydrogens (primary N) is 1. The number of hydrogen-bond acceptors (Lipinski definition) is 2. The Morgan fingerprint density at radius 2 is 2.00 bits per heavy atom. The van der Waals surface area contributed by atoms with Gasteiger partial charge in [0.05, 0.1) is 0 Å². The van der Waals surface area contributed by atoms with Gasteiger partial charge in [-0.2, -0.15) is 0 Å². The Labute approximate surface area is 121 Å². The lowest BCUT2D eigenvalue weighted by molar-refractivity contribution is 0.626. The number of fused-ring (bicyclic) bond motifs is 1. The Hall–Kier alpha value is -1.80. The maximum absolute atomic E-state index is 6.30. The number of benzene rings is 2. The molecule has 0 bridgehead atoms. The molecule has 0 fully saturated rings. The molecule has 0 saturated heterocycles. The molecule has 2 heteroatoms. The summed E-state index contributed by atoms with van der Waals surface area (Å²) in [4.78, 5) is 2.47.